The van der Waals surface area contributed by atoms with Crippen LogP contribution in [0.3, 0.4) is 0 Å². The maximum Gasteiger partial charge on any atom is 0.405 e. The van der Waals surface area contributed by atoms with Crippen molar-refractivity contribution in [2.24, 2.45) is 0 Å². The summed E-state index contributed by atoms with van der Waals surface area (Å²) < 4.78 is 6.08. The number of aromatic nitrogens is 2. The van der Waals surface area contributed by atoms with Gasteiger partial charge >= 0.3 is 6.09 Å². The predicted molar refractivity (Wildman–Crippen MR) is 94.4 cm³/mol. The molecule has 124 valence electrons. The van der Waals surface area contributed by atoms with Crippen LogP contribution in [0, 0.1) is 0 Å². The number of H-pyrrole nitrogens is 1. The molecule has 1 atom stereocenters. The van der Waals surface area contributed by atoms with Crippen molar-refractivity contribution in [3.63, 3.8) is 0 Å². The number of imidazole rings is 1. The monoisotopic (exact) mass is 389 g/mol. The van der Waals surface area contributed by atoms with Crippen LogP contribution in [0.4, 0.5) is 4.79 Å². The SMILES string of the molecule is COc1ccc(C[C@@H](NC(=O)O)c2nc3ccc(Br)cc3[nH]2)cc1. The Balaban J connectivity index is 1.90. The molecule has 0 bridgehead atoms. The van der Waals surface area contributed by atoms with Crippen LogP contribution in [0.25, 0.3) is 11.0 Å². The highest BCUT2D eigenvalue weighted by Crippen LogP contribution is 2.23. The van der Waals surface area contributed by atoms with Gasteiger partial charge in [-0.25, -0.2) is 9.78 Å². The molecule has 1 amide bonds. The molecular formula is C17H16BrN3O3. The second-order valence-corrected chi connectivity index (χ2v) is 6.25. The van der Waals surface area contributed by atoms with Crippen molar-refractivity contribution in [2.45, 2.75) is 12.5 Å². The zero-order valence-corrected chi connectivity index (χ0v) is 14.5. The lowest BCUT2D eigenvalue weighted by atomic mass is 10.1. The van der Waals surface area contributed by atoms with E-state index in [4.69, 9.17) is 9.84 Å². The second-order valence-electron chi connectivity index (χ2n) is 5.34. The number of ether oxygens (including phenoxy) is 1. The van der Waals surface area contributed by atoms with Gasteiger partial charge in [0.1, 0.15) is 11.6 Å². The maximum absolute atomic E-state index is 11.2. The van der Waals surface area contributed by atoms with Crippen molar-refractivity contribution in [3.05, 3.63) is 58.3 Å². The van der Waals surface area contributed by atoms with E-state index in [9.17, 15) is 4.79 Å². The Morgan fingerprint density at radius 1 is 1.33 bits per heavy atom. The van der Waals surface area contributed by atoms with Gasteiger partial charge in [-0.15, -0.1) is 0 Å². The number of nitrogens with zero attached hydrogens (tertiary/aromatic N) is 1. The topological polar surface area (TPSA) is 87.2 Å². The molecule has 0 aliphatic carbocycles. The summed E-state index contributed by atoms with van der Waals surface area (Å²) in [5.41, 5.74) is 2.63. The molecule has 0 radical (unpaired) electrons. The van der Waals surface area contributed by atoms with Crippen LogP contribution in [0.15, 0.2) is 46.9 Å². The summed E-state index contributed by atoms with van der Waals surface area (Å²) in [5.74, 6) is 1.34. The van der Waals surface area contributed by atoms with Gasteiger partial charge in [0.2, 0.25) is 0 Å². The molecule has 0 aliphatic heterocycles. The van der Waals surface area contributed by atoms with Crippen molar-refractivity contribution in [1.82, 2.24) is 15.3 Å². The van der Waals surface area contributed by atoms with E-state index < -0.39 is 12.1 Å². The minimum Gasteiger partial charge on any atom is -0.497 e. The molecule has 1 aromatic heterocycles. The molecule has 3 rings (SSSR count). The van der Waals surface area contributed by atoms with Gasteiger partial charge in [-0.1, -0.05) is 28.1 Å². The van der Waals surface area contributed by atoms with Gasteiger partial charge in [0, 0.05) is 10.9 Å². The molecular weight excluding hydrogens is 374 g/mol. The van der Waals surface area contributed by atoms with E-state index in [1.165, 1.54) is 0 Å². The van der Waals surface area contributed by atoms with Crippen LogP contribution < -0.4 is 10.1 Å². The van der Waals surface area contributed by atoms with Crippen LogP contribution in [0.1, 0.15) is 17.4 Å². The normalized spacial score (nSPS) is 12.1. The van der Waals surface area contributed by atoms with Crippen molar-refractivity contribution < 1.29 is 14.6 Å². The zero-order valence-electron chi connectivity index (χ0n) is 12.9. The van der Waals surface area contributed by atoms with E-state index in [2.05, 4.69) is 31.2 Å². The number of aromatic amines is 1. The Labute approximate surface area is 147 Å². The lowest BCUT2D eigenvalue weighted by molar-refractivity contribution is 0.189. The third kappa shape index (κ3) is 3.68. The number of rotatable bonds is 5. The van der Waals surface area contributed by atoms with Gasteiger partial charge in [0.25, 0.3) is 0 Å². The average molecular weight is 390 g/mol. The van der Waals surface area contributed by atoms with Crippen LogP contribution in [-0.4, -0.2) is 28.3 Å². The fourth-order valence-electron chi connectivity index (χ4n) is 2.53. The number of halogens is 1. The smallest absolute Gasteiger partial charge is 0.405 e. The molecule has 0 saturated carbocycles. The Kier molecular flexibility index (Phi) is 4.71. The first kappa shape index (κ1) is 16.3. The molecule has 6 nitrogen and oxygen atoms in total. The first-order valence-electron chi connectivity index (χ1n) is 7.32. The van der Waals surface area contributed by atoms with Gasteiger partial charge in [0.05, 0.1) is 24.2 Å². The van der Waals surface area contributed by atoms with Gasteiger partial charge in [-0.05, 0) is 35.9 Å². The largest absolute Gasteiger partial charge is 0.497 e. The van der Waals surface area contributed by atoms with Gasteiger partial charge < -0.3 is 20.1 Å². The molecule has 1 heterocycles. The summed E-state index contributed by atoms with van der Waals surface area (Å²) in [5, 5.41) is 11.7. The predicted octanol–water partition coefficient (Wildman–Crippen LogP) is 3.89. The standard InChI is InChI=1S/C17H16BrN3O3/c1-24-12-5-2-10(3-6-12)8-15(21-17(22)23)16-19-13-7-4-11(18)9-14(13)20-16/h2-7,9,15,21H,8H2,1H3,(H,19,20)(H,22,23)/t15-/m1/s1. The molecule has 3 N–H and O–H groups in total. The van der Waals surface area contributed by atoms with E-state index in [0.717, 1.165) is 26.8 Å². The lowest BCUT2D eigenvalue weighted by Crippen LogP contribution is -2.29. The number of nitrogens with one attached hydrogen (secondary N) is 2. The summed E-state index contributed by atoms with van der Waals surface area (Å²) in [6, 6.07) is 12.7. The average Bonchev–Trinajstić information content (AvgIpc) is 2.97. The summed E-state index contributed by atoms with van der Waals surface area (Å²) >= 11 is 3.42. The number of methoxy groups -OCH3 is 1. The van der Waals surface area contributed by atoms with Crippen LogP contribution >= 0.6 is 15.9 Å². The minimum absolute atomic E-state index is 0.470. The number of carboxylic acid groups (broad SMARTS) is 1. The highest BCUT2D eigenvalue weighted by Gasteiger charge is 2.19. The molecule has 3 aromatic rings. The van der Waals surface area contributed by atoms with Crippen molar-refractivity contribution >= 4 is 33.1 Å². The van der Waals surface area contributed by atoms with Crippen LogP contribution in [0.2, 0.25) is 0 Å². The summed E-state index contributed by atoms with van der Waals surface area (Å²) in [4.78, 5) is 18.9. The van der Waals surface area contributed by atoms with Gasteiger partial charge in [-0.2, -0.15) is 0 Å². The summed E-state index contributed by atoms with van der Waals surface area (Å²) in [6.07, 6.45) is -0.604. The van der Waals surface area contributed by atoms with Crippen molar-refractivity contribution in [3.8, 4) is 5.75 Å². The van der Waals surface area contributed by atoms with E-state index in [-0.39, 0.29) is 0 Å². The van der Waals surface area contributed by atoms with Crippen LogP contribution in [-0.2, 0) is 6.42 Å². The number of amides is 1. The molecule has 0 unspecified atom stereocenters. The van der Waals surface area contributed by atoms with Crippen molar-refractivity contribution in [1.29, 1.82) is 0 Å². The third-order valence-electron chi connectivity index (χ3n) is 3.69. The first-order chi connectivity index (χ1) is 11.5. The second kappa shape index (κ2) is 6.92. The Bertz CT molecular complexity index is 861. The summed E-state index contributed by atoms with van der Waals surface area (Å²) in [6.45, 7) is 0. The van der Waals surface area contributed by atoms with E-state index in [0.29, 0.717) is 12.2 Å². The molecule has 0 saturated heterocycles. The van der Waals surface area contributed by atoms with E-state index in [1.807, 2.05) is 42.5 Å². The quantitative estimate of drug-likeness (QED) is 0.617. The highest BCUT2D eigenvalue weighted by molar-refractivity contribution is 9.10. The van der Waals surface area contributed by atoms with Crippen LogP contribution in [0.5, 0.6) is 5.75 Å². The third-order valence-corrected chi connectivity index (χ3v) is 4.18. The van der Waals surface area contributed by atoms with Crippen molar-refractivity contribution in [2.75, 3.05) is 7.11 Å². The number of benzene rings is 2. The Hall–Kier alpha value is -2.54. The van der Waals surface area contributed by atoms with E-state index in [1.54, 1.807) is 7.11 Å². The molecule has 0 spiro atoms. The highest BCUT2D eigenvalue weighted by atomic mass is 79.9. The minimum atomic E-state index is -1.09. The molecule has 24 heavy (non-hydrogen) atoms. The van der Waals surface area contributed by atoms with Gasteiger partial charge in [0.15, 0.2) is 0 Å². The van der Waals surface area contributed by atoms with E-state index >= 15 is 0 Å². The summed E-state index contributed by atoms with van der Waals surface area (Å²) in [7, 11) is 1.61. The Morgan fingerprint density at radius 2 is 2.08 bits per heavy atom. The number of hydrogen-bond donors (Lipinski definition) is 3. The number of fused-ring (bicyclic) bond motifs is 1. The number of carbonyl (C=O) groups is 1. The fourth-order valence-corrected chi connectivity index (χ4v) is 2.89. The molecule has 2 aromatic carbocycles. The zero-order chi connectivity index (χ0) is 17.1. The molecule has 7 heteroatoms. The maximum atomic E-state index is 11.2. The fraction of sp³-hybridized carbons (Fsp3) is 0.176. The molecule has 0 aliphatic rings. The Morgan fingerprint density at radius 3 is 2.75 bits per heavy atom. The number of hydrogen-bond acceptors (Lipinski definition) is 3. The van der Waals surface area contributed by atoms with Gasteiger partial charge in [-0.3, -0.25) is 0 Å². The molecule has 0 fully saturated rings. The lowest BCUT2D eigenvalue weighted by Gasteiger charge is -2.15. The first-order valence-corrected chi connectivity index (χ1v) is 8.12.